The van der Waals surface area contributed by atoms with Crippen LogP contribution in [0.4, 0.5) is 4.79 Å². The number of aliphatic imine (C=N–C) groups is 1. The number of ether oxygens (including phenoxy) is 1. The van der Waals surface area contributed by atoms with Crippen molar-refractivity contribution in [1.29, 1.82) is 0 Å². The molecule has 2 N–H and O–H groups in total. The van der Waals surface area contributed by atoms with E-state index in [2.05, 4.69) is 26.6 Å². The van der Waals surface area contributed by atoms with E-state index in [1.807, 2.05) is 39.0 Å². The summed E-state index contributed by atoms with van der Waals surface area (Å²) in [6.07, 6.45) is 1.59. The van der Waals surface area contributed by atoms with Crippen molar-refractivity contribution in [3.8, 4) is 0 Å². The number of hydrogen-bond acceptors (Lipinski definition) is 3. The van der Waals surface area contributed by atoms with E-state index in [0.29, 0.717) is 12.0 Å². The van der Waals surface area contributed by atoms with Gasteiger partial charge in [-0.05, 0) is 51.3 Å². The zero-order valence-corrected chi connectivity index (χ0v) is 17.2. The number of likely N-dealkylation sites (tertiary alicyclic amines) is 1. The average molecular weight is 393 g/mol. The molecule has 3 atom stereocenters. The molecule has 7 heteroatoms. The van der Waals surface area contributed by atoms with Crippen LogP contribution in [0.15, 0.2) is 29.3 Å². The predicted octanol–water partition coefficient (Wildman–Crippen LogP) is 3.37. The van der Waals surface area contributed by atoms with Crippen LogP contribution in [0.2, 0.25) is 5.02 Å². The maximum atomic E-state index is 12.0. The molecule has 1 aromatic rings. The monoisotopic (exact) mass is 392 g/mol. The van der Waals surface area contributed by atoms with E-state index in [1.54, 1.807) is 7.05 Å². The molecule has 27 heavy (non-hydrogen) atoms. The second-order valence-electron chi connectivity index (χ2n) is 8.27. The van der Waals surface area contributed by atoms with E-state index in [-0.39, 0.29) is 12.1 Å². The number of benzene rings is 1. The van der Waals surface area contributed by atoms with Gasteiger partial charge in [0, 0.05) is 37.1 Å². The molecule has 0 spiro atoms. The fourth-order valence-electron chi connectivity index (χ4n) is 3.47. The number of rotatable bonds is 3. The fraction of sp³-hybridized carbons (Fsp3) is 0.600. The Morgan fingerprint density at radius 3 is 2.78 bits per heavy atom. The van der Waals surface area contributed by atoms with Crippen LogP contribution in [0, 0.1) is 0 Å². The van der Waals surface area contributed by atoms with E-state index in [4.69, 9.17) is 16.3 Å². The first-order valence-electron chi connectivity index (χ1n) is 9.48. The van der Waals surface area contributed by atoms with Crippen LogP contribution in [-0.4, -0.2) is 54.8 Å². The highest BCUT2D eigenvalue weighted by Gasteiger charge is 2.40. The highest BCUT2D eigenvalue weighted by atomic mass is 35.5. The van der Waals surface area contributed by atoms with Crippen LogP contribution in [0.25, 0.3) is 0 Å². The molecule has 0 aromatic heterocycles. The van der Waals surface area contributed by atoms with Crippen LogP contribution in [0.1, 0.15) is 45.1 Å². The van der Waals surface area contributed by atoms with Crippen LogP contribution >= 0.6 is 11.6 Å². The number of carbonyl (C=O) groups excluding carboxylic acids is 1. The number of carbonyl (C=O) groups is 1. The lowest BCUT2D eigenvalue weighted by molar-refractivity contribution is 0.0507. The standard InChI is InChI=1S/C20H29ClN4O2/c1-20(2,3)27-19(26)23-15-8-9-25(12-15)18(22-4)24-17-11-16(17)13-6-5-7-14(21)10-13/h5-7,10,15-17H,8-9,11-12H2,1-4H3,(H,22,24)(H,23,26). The molecule has 1 aromatic carbocycles. The van der Waals surface area contributed by atoms with Gasteiger partial charge in [-0.3, -0.25) is 4.99 Å². The molecular formula is C20H29ClN4O2. The quantitative estimate of drug-likeness (QED) is 0.611. The van der Waals surface area contributed by atoms with Gasteiger partial charge in [-0.15, -0.1) is 0 Å². The third-order valence-electron chi connectivity index (χ3n) is 4.80. The molecular weight excluding hydrogens is 364 g/mol. The summed E-state index contributed by atoms with van der Waals surface area (Å²) in [4.78, 5) is 18.6. The fourth-order valence-corrected chi connectivity index (χ4v) is 3.67. The number of nitrogens with zero attached hydrogens (tertiary/aromatic N) is 2. The number of guanidine groups is 1. The topological polar surface area (TPSA) is 66.0 Å². The maximum Gasteiger partial charge on any atom is 0.407 e. The molecule has 1 aliphatic heterocycles. The van der Waals surface area contributed by atoms with Crippen LogP contribution in [-0.2, 0) is 4.74 Å². The Kier molecular flexibility index (Phi) is 5.84. The molecule has 3 unspecified atom stereocenters. The largest absolute Gasteiger partial charge is 0.444 e. The number of alkyl carbamates (subject to hydrolysis) is 1. The maximum absolute atomic E-state index is 12.0. The van der Waals surface area contributed by atoms with Crippen molar-refractivity contribution >= 4 is 23.7 Å². The lowest BCUT2D eigenvalue weighted by Gasteiger charge is -2.23. The average Bonchev–Trinajstić information content (AvgIpc) is 3.20. The van der Waals surface area contributed by atoms with Crippen molar-refractivity contribution < 1.29 is 9.53 Å². The summed E-state index contributed by atoms with van der Waals surface area (Å²) in [7, 11) is 1.80. The van der Waals surface area contributed by atoms with E-state index < -0.39 is 5.60 Å². The third-order valence-corrected chi connectivity index (χ3v) is 5.04. The Morgan fingerprint density at radius 1 is 1.33 bits per heavy atom. The summed E-state index contributed by atoms with van der Waals surface area (Å²) in [6.45, 7) is 7.18. The summed E-state index contributed by atoms with van der Waals surface area (Å²) in [6, 6.07) is 8.50. The predicted molar refractivity (Wildman–Crippen MR) is 108 cm³/mol. The molecule has 0 radical (unpaired) electrons. The second-order valence-corrected chi connectivity index (χ2v) is 8.71. The first-order chi connectivity index (χ1) is 12.7. The normalized spacial score (nSPS) is 25.3. The minimum Gasteiger partial charge on any atom is -0.444 e. The first kappa shape index (κ1) is 19.8. The Morgan fingerprint density at radius 2 is 2.11 bits per heavy atom. The molecule has 2 aliphatic rings. The Hall–Kier alpha value is -1.95. The smallest absolute Gasteiger partial charge is 0.407 e. The highest BCUT2D eigenvalue weighted by molar-refractivity contribution is 6.30. The molecule has 1 saturated heterocycles. The molecule has 1 amide bonds. The molecule has 6 nitrogen and oxygen atoms in total. The van der Waals surface area contributed by atoms with Crippen molar-refractivity contribution in [2.24, 2.45) is 4.99 Å². The minimum atomic E-state index is -0.485. The van der Waals surface area contributed by atoms with Gasteiger partial charge in [0.2, 0.25) is 0 Å². The van der Waals surface area contributed by atoms with Gasteiger partial charge in [-0.2, -0.15) is 0 Å². The number of nitrogens with one attached hydrogen (secondary N) is 2. The van der Waals surface area contributed by atoms with Gasteiger partial charge in [0.1, 0.15) is 5.60 Å². The Labute approximate surface area is 166 Å². The van der Waals surface area contributed by atoms with Crippen molar-refractivity contribution in [3.63, 3.8) is 0 Å². The van der Waals surface area contributed by atoms with Crippen LogP contribution in [0.5, 0.6) is 0 Å². The van der Waals surface area contributed by atoms with Gasteiger partial charge in [0.25, 0.3) is 0 Å². The minimum absolute atomic E-state index is 0.0707. The zero-order valence-electron chi connectivity index (χ0n) is 16.5. The van der Waals surface area contributed by atoms with Gasteiger partial charge in [0.15, 0.2) is 5.96 Å². The Bertz CT molecular complexity index is 716. The number of hydrogen-bond donors (Lipinski definition) is 2. The summed E-state index contributed by atoms with van der Waals surface area (Å²) in [5, 5.41) is 7.28. The summed E-state index contributed by atoms with van der Waals surface area (Å²) in [5.74, 6) is 1.36. The molecule has 148 valence electrons. The lowest BCUT2D eigenvalue weighted by Crippen LogP contribution is -2.44. The third kappa shape index (κ3) is 5.51. The molecule has 1 saturated carbocycles. The lowest BCUT2D eigenvalue weighted by atomic mass is 10.1. The molecule has 3 rings (SSSR count). The van der Waals surface area contributed by atoms with Crippen molar-refractivity contribution in [2.45, 2.75) is 57.2 Å². The van der Waals surface area contributed by atoms with Crippen molar-refractivity contribution in [2.75, 3.05) is 20.1 Å². The van der Waals surface area contributed by atoms with Crippen molar-refractivity contribution in [1.82, 2.24) is 15.5 Å². The van der Waals surface area contributed by atoms with E-state index in [0.717, 1.165) is 36.9 Å². The highest BCUT2D eigenvalue weighted by Crippen LogP contribution is 2.41. The molecule has 1 aliphatic carbocycles. The van der Waals surface area contributed by atoms with E-state index >= 15 is 0 Å². The second kappa shape index (κ2) is 7.97. The molecule has 1 heterocycles. The Balaban J connectivity index is 1.49. The van der Waals surface area contributed by atoms with Gasteiger partial charge in [0.05, 0.1) is 6.04 Å². The van der Waals surface area contributed by atoms with Crippen molar-refractivity contribution in [3.05, 3.63) is 34.9 Å². The summed E-state index contributed by atoms with van der Waals surface area (Å²) >= 11 is 6.10. The van der Waals surface area contributed by atoms with E-state index in [9.17, 15) is 4.79 Å². The molecule has 0 bridgehead atoms. The van der Waals surface area contributed by atoms with Crippen LogP contribution in [0.3, 0.4) is 0 Å². The molecule has 2 fully saturated rings. The van der Waals surface area contributed by atoms with Gasteiger partial charge >= 0.3 is 6.09 Å². The SMILES string of the molecule is CN=C(NC1CC1c1cccc(Cl)c1)N1CCC(NC(=O)OC(C)(C)C)C1. The summed E-state index contributed by atoms with van der Waals surface area (Å²) in [5.41, 5.74) is 0.780. The van der Waals surface area contributed by atoms with Gasteiger partial charge in [-0.1, -0.05) is 23.7 Å². The first-order valence-corrected chi connectivity index (χ1v) is 9.86. The van der Waals surface area contributed by atoms with Crippen LogP contribution < -0.4 is 10.6 Å². The zero-order chi connectivity index (χ0) is 19.6. The summed E-state index contributed by atoms with van der Waals surface area (Å²) < 4.78 is 5.34. The number of halogens is 1. The van der Waals surface area contributed by atoms with Gasteiger partial charge in [-0.25, -0.2) is 4.79 Å². The van der Waals surface area contributed by atoms with Gasteiger partial charge < -0.3 is 20.3 Å². The number of amides is 1. The van der Waals surface area contributed by atoms with E-state index in [1.165, 1.54) is 5.56 Å².